The van der Waals surface area contributed by atoms with Crippen molar-refractivity contribution in [2.75, 3.05) is 13.2 Å². The number of esters is 1. The minimum absolute atomic E-state index is 0.103. The smallest absolute Gasteiger partial charge is 0.321 e. The van der Waals surface area contributed by atoms with Crippen LogP contribution in [0.1, 0.15) is 38.2 Å². The third kappa shape index (κ3) is 7.92. The quantitative estimate of drug-likeness (QED) is 0.655. The Balaban J connectivity index is 1.70. The van der Waals surface area contributed by atoms with Gasteiger partial charge in [-0.05, 0) is 30.4 Å². The highest BCUT2D eigenvalue weighted by atomic mass is 32.2. The van der Waals surface area contributed by atoms with Gasteiger partial charge in [-0.1, -0.05) is 50.1 Å². The normalized spacial score (nSPS) is 20.3. The molecule has 2 N–H and O–H groups in total. The molecule has 0 aliphatic heterocycles. The van der Waals surface area contributed by atoms with E-state index in [0.29, 0.717) is 5.92 Å². The maximum atomic E-state index is 11.9. The second kappa shape index (κ2) is 10.2. The van der Waals surface area contributed by atoms with E-state index in [9.17, 15) is 18.0 Å². The van der Waals surface area contributed by atoms with Crippen LogP contribution in [-0.2, 0) is 24.3 Å². The standard InChI is InChI=1S/C19H26N2O5S/c1-15-7-5-6-10-17(15)21-18(22)14-26-19(23)13-20-27(24,25)12-11-16-8-3-2-4-9-16/h2-4,8-9,11-12,15,17,20H,5-7,10,13-14H2,1H3,(H,21,22)/b12-11+/t15-,17-/m1/s1. The Morgan fingerprint density at radius 1 is 1.19 bits per heavy atom. The Labute approximate surface area is 160 Å². The number of carbonyl (C=O) groups is 2. The minimum atomic E-state index is -3.78. The molecular formula is C19H26N2O5S. The van der Waals surface area contributed by atoms with Gasteiger partial charge in [-0.3, -0.25) is 9.59 Å². The van der Waals surface area contributed by atoms with Gasteiger partial charge in [-0.15, -0.1) is 0 Å². The molecule has 2 rings (SSSR count). The van der Waals surface area contributed by atoms with Crippen LogP contribution in [0.2, 0.25) is 0 Å². The lowest BCUT2D eigenvalue weighted by Gasteiger charge is -2.29. The van der Waals surface area contributed by atoms with Gasteiger partial charge in [0, 0.05) is 11.4 Å². The molecule has 1 saturated carbocycles. The van der Waals surface area contributed by atoms with Gasteiger partial charge in [0.05, 0.1) is 0 Å². The molecule has 1 amide bonds. The van der Waals surface area contributed by atoms with Gasteiger partial charge in [-0.25, -0.2) is 13.1 Å². The summed E-state index contributed by atoms with van der Waals surface area (Å²) in [5.74, 6) is -0.769. The number of amides is 1. The van der Waals surface area contributed by atoms with Crippen molar-refractivity contribution in [1.29, 1.82) is 0 Å². The fourth-order valence-electron chi connectivity index (χ4n) is 2.92. The van der Waals surface area contributed by atoms with Crippen molar-refractivity contribution in [1.82, 2.24) is 10.0 Å². The number of hydrogen-bond acceptors (Lipinski definition) is 5. The zero-order chi connectivity index (χ0) is 19.7. The van der Waals surface area contributed by atoms with Gasteiger partial charge in [0.25, 0.3) is 5.91 Å². The van der Waals surface area contributed by atoms with Crippen LogP contribution < -0.4 is 10.0 Å². The van der Waals surface area contributed by atoms with Gasteiger partial charge in [-0.2, -0.15) is 0 Å². The Bertz CT molecular complexity index is 762. The van der Waals surface area contributed by atoms with E-state index in [2.05, 4.69) is 17.0 Å². The Morgan fingerprint density at radius 3 is 2.59 bits per heavy atom. The average Bonchev–Trinajstić information content (AvgIpc) is 2.66. The molecule has 0 radical (unpaired) electrons. The molecule has 1 aliphatic carbocycles. The highest BCUT2D eigenvalue weighted by Crippen LogP contribution is 2.23. The van der Waals surface area contributed by atoms with Crippen LogP contribution in [0, 0.1) is 5.92 Å². The van der Waals surface area contributed by atoms with Gasteiger partial charge in [0.2, 0.25) is 10.0 Å². The molecule has 1 fully saturated rings. The van der Waals surface area contributed by atoms with E-state index >= 15 is 0 Å². The van der Waals surface area contributed by atoms with Crippen molar-refractivity contribution in [3.05, 3.63) is 41.3 Å². The fraction of sp³-hybridized carbons (Fsp3) is 0.474. The molecule has 1 aliphatic rings. The van der Waals surface area contributed by atoms with Crippen LogP contribution in [0.4, 0.5) is 0 Å². The molecule has 7 nitrogen and oxygen atoms in total. The Kier molecular flexibility index (Phi) is 7.99. The summed E-state index contributed by atoms with van der Waals surface area (Å²) in [6.45, 7) is 1.14. The minimum Gasteiger partial charge on any atom is -0.455 e. The van der Waals surface area contributed by atoms with Crippen LogP contribution in [0.25, 0.3) is 6.08 Å². The van der Waals surface area contributed by atoms with E-state index < -0.39 is 29.1 Å². The summed E-state index contributed by atoms with van der Waals surface area (Å²) < 4.78 is 30.7. The molecule has 0 spiro atoms. The highest BCUT2D eigenvalue weighted by Gasteiger charge is 2.23. The first-order chi connectivity index (χ1) is 12.9. The van der Waals surface area contributed by atoms with Crippen molar-refractivity contribution in [2.24, 2.45) is 5.92 Å². The lowest BCUT2D eigenvalue weighted by Crippen LogP contribution is -2.43. The zero-order valence-corrected chi connectivity index (χ0v) is 16.2. The second-order valence-corrected chi connectivity index (χ2v) is 8.33. The predicted octanol–water partition coefficient (Wildman–Crippen LogP) is 1.81. The first-order valence-corrected chi connectivity index (χ1v) is 10.6. The number of ether oxygens (including phenoxy) is 1. The van der Waals surface area contributed by atoms with Gasteiger partial charge in [0.1, 0.15) is 6.54 Å². The van der Waals surface area contributed by atoms with E-state index in [1.807, 2.05) is 6.07 Å². The third-order valence-corrected chi connectivity index (χ3v) is 5.52. The summed E-state index contributed by atoms with van der Waals surface area (Å²) in [4.78, 5) is 23.6. The lowest BCUT2D eigenvalue weighted by atomic mass is 9.86. The summed E-state index contributed by atoms with van der Waals surface area (Å²) in [5.41, 5.74) is 0.721. The first kappa shape index (κ1) is 21.1. The maximum absolute atomic E-state index is 11.9. The van der Waals surface area contributed by atoms with Crippen molar-refractivity contribution in [3.8, 4) is 0 Å². The van der Waals surface area contributed by atoms with Crippen molar-refractivity contribution < 1.29 is 22.7 Å². The number of hydrogen-bond donors (Lipinski definition) is 2. The molecule has 0 bridgehead atoms. The molecule has 1 aromatic carbocycles. The number of nitrogens with one attached hydrogen (secondary N) is 2. The Hall–Kier alpha value is -2.19. The van der Waals surface area contributed by atoms with E-state index in [4.69, 9.17) is 4.74 Å². The molecule has 148 valence electrons. The molecule has 0 unspecified atom stereocenters. The predicted molar refractivity (Wildman–Crippen MR) is 103 cm³/mol. The van der Waals surface area contributed by atoms with Crippen LogP contribution in [0.3, 0.4) is 0 Å². The van der Waals surface area contributed by atoms with Crippen LogP contribution >= 0.6 is 0 Å². The summed E-state index contributed by atoms with van der Waals surface area (Å²) in [6, 6.07) is 9.02. The van der Waals surface area contributed by atoms with Gasteiger partial charge in [0.15, 0.2) is 6.61 Å². The fourth-order valence-corrected chi connectivity index (χ4v) is 3.67. The molecular weight excluding hydrogens is 368 g/mol. The summed E-state index contributed by atoms with van der Waals surface area (Å²) in [7, 11) is -3.78. The van der Waals surface area contributed by atoms with E-state index in [1.165, 1.54) is 12.5 Å². The third-order valence-electron chi connectivity index (χ3n) is 4.48. The van der Waals surface area contributed by atoms with Crippen LogP contribution in [-0.4, -0.2) is 39.5 Å². The van der Waals surface area contributed by atoms with Gasteiger partial charge >= 0.3 is 5.97 Å². The molecule has 1 aromatic rings. The highest BCUT2D eigenvalue weighted by molar-refractivity contribution is 7.92. The maximum Gasteiger partial charge on any atom is 0.321 e. The molecule has 0 aromatic heterocycles. The van der Waals surface area contributed by atoms with Crippen LogP contribution in [0.15, 0.2) is 35.7 Å². The summed E-state index contributed by atoms with van der Waals surface area (Å²) in [6.07, 6.45) is 5.67. The average molecular weight is 394 g/mol. The van der Waals surface area contributed by atoms with E-state index in [0.717, 1.165) is 30.2 Å². The molecule has 8 heteroatoms. The zero-order valence-electron chi connectivity index (χ0n) is 15.4. The van der Waals surface area contributed by atoms with E-state index in [1.54, 1.807) is 24.3 Å². The Morgan fingerprint density at radius 2 is 1.89 bits per heavy atom. The summed E-state index contributed by atoms with van der Waals surface area (Å²) >= 11 is 0. The molecule has 0 heterocycles. The largest absolute Gasteiger partial charge is 0.455 e. The number of carbonyl (C=O) groups excluding carboxylic acids is 2. The van der Waals surface area contributed by atoms with Crippen molar-refractivity contribution in [2.45, 2.75) is 38.6 Å². The second-order valence-electron chi connectivity index (χ2n) is 6.68. The van der Waals surface area contributed by atoms with E-state index in [-0.39, 0.29) is 11.9 Å². The SMILES string of the molecule is C[C@@H]1CCCC[C@H]1NC(=O)COC(=O)CNS(=O)(=O)/C=C/c1ccccc1. The lowest BCUT2D eigenvalue weighted by molar-refractivity contribution is -0.147. The monoisotopic (exact) mass is 394 g/mol. The van der Waals surface area contributed by atoms with Crippen LogP contribution in [0.5, 0.6) is 0 Å². The number of benzene rings is 1. The van der Waals surface area contributed by atoms with Crippen molar-refractivity contribution in [3.63, 3.8) is 0 Å². The molecule has 2 atom stereocenters. The van der Waals surface area contributed by atoms with Gasteiger partial charge < -0.3 is 10.1 Å². The topological polar surface area (TPSA) is 102 Å². The molecule has 27 heavy (non-hydrogen) atoms. The molecule has 0 saturated heterocycles. The first-order valence-electron chi connectivity index (χ1n) is 9.03. The number of sulfonamides is 1. The summed E-state index contributed by atoms with van der Waals surface area (Å²) in [5, 5.41) is 3.85. The number of rotatable bonds is 8. The van der Waals surface area contributed by atoms with Crippen molar-refractivity contribution >= 4 is 28.0 Å².